The van der Waals surface area contributed by atoms with E-state index in [1.54, 1.807) is 11.1 Å². The van der Waals surface area contributed by atoms with Crippen LogP contribution in [0.15, 0.2) is 12.1 Å². The molecule has 0 aliphatic rings. The normalized spacial score (nSPS) is 14.1. The van der Waals surface area contributed by atoms with E-state index in [2.05, 4.69) is 98.9 Å². The van der Waals surface area contributed by atoms with Crippen molar-refractivity contribution in [2.75, 3.05) is 0 Å². The molecular formula is C26H44I2. The molecule has 0 bridgehead atoms. The Hall–Kier alpha value is 0.680. The fourth-order valence-corrected chi connectivity index (χ4v) is 5.46. The Bertz CT molecular complexity index is 498. The zero-order chi connectivity index (χ0) is 21.1. The summed E-state index contributed by atoms with van der Waals surface area (Å²) in [5.41, 5.74) is 3.13. The molecule has 0 N–H and O–H groups in total. The lowest BCUT2D eigenvalue weighted by atomic mass is 9.92. The summed E-state index contributed by atoms with van der Waals surface area (Å²) in [6.45, 7) is 14.2. The third kappa shape index (κ3) is 11.8. The fraction of sp³-hybridized carbons (Fsp3) is 0.769. The smallest absolute Gasteiger partial charge is 0.0165 e. The molecule has 0 amide bonds. The summed E-state index contributed by atoms with van der Waals surface area (Å²) in [5, 5.41) is 0. The van der Waals surface area contributed by atoms with Gasteiger partial charge >= 0.3 is 0 Å². The molecule has 0 spiro atoms. The summed E-state index contributed by atoms with van der Waals surface area (Å²) in [5.74, 6) is 3.39. The molecule has 28 heavy (non-hydrogen) atoms. The first-order valence-electron chi connectivity index (χ1n) is 11.7. The largest absolute Gasteiger partial charge is 0.0628 e. The van der Waals surface area contributed by atoms with Gasteiger partial charge in [0.2, 0.25) is 0 Å². The van der Waals surface area contributed by atoms with Gasteiger partial charge in [-0.2, -0.15) is 0 Å². The van der Waals surface area contributed by atoms with Gasteiger partial charge < -0.3 is 0 Å². The average Bonchev–Trinajstić information content (AvgIpc) is 2.60. The van der Waals surface area contributed by atoms with Crippen LogP contribution in [0.25, 0.3) is 0 Å². The summed E-state index contributed by atoms with van der Waals surface area (Å²) in [7, 11) is 0. The van der Waals surface area contributed by atoms with Crippen LogP contribution in [-0.4, -0.2) is 0 Å². The first-order chi connectivity index (χ1) is 13.2. The van der Waals surface area contributed by atoms with Gasteiger partial charge in [0.25, 0.3) is 0 Å². The highest BCUT2D eigenvalue weighted by molar-refractivity contribution is 14.1. The van der Waals surface area contributed by atoms with Gasteiger partial charge in [0, 0.05) is 7.14 Å². The standard InChI is InChI=1S/C26H44I2/c1-19(2)9-7-11-21(5)13-15-23-17-26(28)24(18-25(23)27)16-14-22(6)12-8-10-20(3)4/h17-22H,7-16H2,1-6H3/t21-,22-/m1/s1. The van der Waals surface area contributed by atoms with E-state index >= 15 is 0 Å². The van der Waals surface area contributed by atoms with Crippen LogP contribution in [0, 0.1) is 30.8 Å². The number of aryl methyl sites for hydroxylation is 2. The minimum absolute atomic E-state index is 0.846. The lowest BCUT2D eigenvalue weighted by molar-refractivity contribution is 0.435. The van der Waals surface area contributed by atoms with Crippen LogP contribution >= 0.6 is 45.2 Å². The SMILES string of the molecule is CC(C)CCC[C@@H](C)CCc1cc(I)c(CC[C@H](C)CCCC(C)C)cc1I. The van der Waals surface area contributed by atoms with Crippen molar-refractivity contribution in [1.29, 1.82) is 0 Å². The van der Waals surface area contributed by atoms with E-state index in [1.165, 1.54) is 71.3 Å². The first kappa shape index (κ1) is 26.7. The number of hydrogen-bond acceptors (Lipinski definition) is 0. The van der Waals surface area contributed by atoms with E-state index in [0.29, 0.717) is 0 Å². The Morgan fingerprint density at radius 2 is 0.929 bits per heavy atom. The van der Waals surface area contributed by atoms with Crippen LogP contribution in [0.2, 0.25) is 0 Å². The van der Waals surface area contributed by atoms with E-state index in [4.69, 9.17) is 0 Å². The van der Waals surface area contributed by atoms with Gasteiger partial charge in [-0.3, -0.25) is 0 Å². The van der Waals surface area contributed by atoms with Gasteiger partial charge in [0.05, 0.1) is 0 Å². The molecule has 0 aromatic heterocycles. The molecule has 0 fully saturated rings. The Morgan fingerprint density at radius 1 is 0.571 bits per heavy atom. The molecule has 0 saturated heterocycles. The highest BCUT2D eigenvalue weighted by Crippen LogP contribution is 2.26. The zero-order valence-electron chi connectivity index (χ0n) is 19.3. The minimum Gasteiger partial charge on any atom is -0.0628 e. The molecule has 0 heterocycles. The van der Waals surface area contributed by atoms with Crippen molar-refractivity contribution < 1.29 is 0 Å². The van der Waals surface area contributed by atoms with Gasteiger partial charge in [0.1, 0.15) is 0 Å². The average molecular weight is 610 g/mol. The Labute approximate surface area is 203 Å². The van der Waals surface area contributed by atoms with Crippen molar-refractivity contribution in [3.05, 3.63) is 30.4 Å². The molecule has 1 aromatic carbocycles. The van der Waals surface area contributed by atoms with Crippen LogP contribution in [0.3, 0.4) is 0 Å². The van der Waals surface area contributed by atoms with E-state index in [9.17, 15) is 0 Å². The zero-order valence-corrected chi connectivity index (χ0v) is 23.6. The molecule has 2 atom stereocenters. The molecule has 0 radical (unpaired) electrons. The van der Waals surface area contributed by atoms with Gasteiger partial charge in [-0.15, -0.1) is 0 Å². The maximum absolute atomic E-state index is 2.57. The predicted octanol–water partition coefficient (Wildman–Crippen LogP) is 9.69. The van der Waals surface area contributed by atoms with Gasteiger partial charge in [-0.1, -0.05) is 80.1 Å². The van der Waals surface area contributed by atoms with E-state index in [-0.39, 0.29) is 0 Å². The third-order valence-electron chi connectivity index (χ3n) is 5.99. The summed E-state index contributed by atoms with van der Waals surface area (Å²) >= 11 is 5.14. The highest BCUT2D eigenvalue weighted by Gasteiger charge is 2.11. The topological polar surface area (TPSA) is 0 Å². The number of benzene rings is 1. The van der Waals surface area contributed by atoms with Crippen LogP contribution in [0.4, 0.5) is 0 Å². The predicted molar refractivity (Wildman–Crippen MR) is 144 cm³/mol. The molecule has 162 valence electrons. The third-order valence-corrected chi connectivity index (χ3v) is 7.99. The molecule has 1 aromatic rings. The van der Waals surface area contributed by atoms with E-state index in [1.807, 2.05) is 0 Å². The molecule has 0 unspecified atom stereocenters. The van der Waals surface area contributed by atoms with E-state index in [0.717, 1.165) is 23.7 Å². The molecule has 0 nitrogen and oxygen atoms in total. The quantitative estimate of drug-likeness (QED) is 0.184. The molecule has 0 aliphatic carbocycles. The number of halogens is 2. The summed E-state index contributed by atoms with van der Waals surface area (Å²) in [6, 6.07) is 4.95. The second-order valence-electron chi connectivity index (χ2n) is 9.97. The van der Waals surface area contributed by atoms with Crippen LogP contribution in [0.5, 0.6) is 0 Å². The summed E-state index contributed by atoms with van der Waals surface area (Å²) in [6.07, 6.45) is 13.5. The summed E-state index contributed by atoms with van der Waals surface area (Å²) < 4.78 is 2.96. The van der Waals surface area contributed by atoms with Crippen molar-refractivity contribution in [1.82, 2.24) is 0 Å². The van der Waals surface area contributed by atoms with Crippen molar-refractivity contribution in [3.8, 4) is 0 Å². The highest BCUT2D eigenvalue weighted by atomic mass is 127. The van der Waals surface area contributed by atoms with Gasteiger partial charge in [0.15, 0.2) is 0 Å². The van der Waals surface area contributed by atoms with Crippen molar-refractivity contribution >= 4 is 45.2 Å². The van der Waals surface area contributed by atoms with Crippen LogP contribution in [-0.2, 0) is 12.8 Å². The molecule has 0 saturated carbocycles. The maximum atomic E-state index is 2.57. The van der Waals surface area contributed by atoms with Gasteiger partial charge in [-0.25, -0.2) is 0 Å². The number of hydrogen-bond donors (Lipinski definition) is 0. The Kier molecular flexibility index (Phi) is 14.0. The van der Waals surface area contributed by atoms with Crippen molar-refractivity contribution in [2.45, 2.75) is 106 Å². The monoisotopic (exact) mass is 610 g/mol. The minimum atomic E-state index is 0.846. The Morgan fingerprint density at radius 3 is 1.25 bits per heavy atom. The number of rotatable bonds is 14. The molecule has 2 heteroatoms. The fourth-order valence-electron chi connectivity index (χ4n) is 3.85. The maximum Gasteiger partial charge on any atom is 0.0165 e. The van der Waals surface area contributed by atoms with Crippen LogP contribution in [0.1, 0.15) is 104 Å². The van der Waals surface area contributed by atoms with Crippen molar-refractivity contribution in [3.63, 3.8) is 0 Å². The molecule has 0 aliphatic heterocycles. The Balaban J connectivity index is 2.46. The second kappa shape index (κ2) is 14.6. The second-order valence-corrected chi connectivity index (χ2v) is 12.3. The molecular weight excluding hydrogens is 566 g/mol. The molecule has 1 rings (SSSR count). The first-order valence-corrected chi connectivity index (χ1v) is 13.8. The lowest BCUT2D eigenvalue weighted by Crippen LogP contribution is -2.03. The van der Waals surface area contributed by atoms with Crippen molar-refractivity contribution in [2.24, 2.45) is 23.7 Å². The summed E-state index contributed by atoms with van der Waals surface area (Å²) in [4.78, 5) is 0. The van der Waals surface area contributed by atoms with Crippen LogP contribution < -0.4 is 0 Å². The van der Waals surface area contributed by atoms with E-state index < -0.39 is 0 Å². The van der Waals surface area contributed by atoms with Gasteiger partial charge in [-0.05, 0) is 118 Å². The lowest BCUT2D eigenvalue weighted by Gasteiger charge is -2.16.